The summed E-state index contributed by atoms with van der Waals surface area (Å²) in [7, 11) is 0. The Balaban J connectivity index is 1.59. The number of carbonyl (C=O) groups excluding carboxylic acids is 1. The van der Waals surface area contributed by atoms with Crippen LogP contribution in [0.2, 0.25) is 0 Å². The lowest BCUT2D eigenvalue weighted by molar-refractivity contribution is -0.123. The molecule has 1 unspecified atom stereocenters. The van der Waals surface area contributed by atoms with Gasteiger partial charge < -0.3 is 5.32 Å². The van der Waals surface area contributed by atoms with Crippen LogP contribution in [-0.4, -0.2) is 31.0 Å². The molecule has 1 aliphatic carbocycles. The van der Waals surface area contributed by atoms with Gasteiger partial charge in [0.25, 0.3) is 5.92 Å². The minimum absolute atomic E-state index is 0.237. The molecule has 21 heavy (non-hydrogen) atoms. The molecule has 1 aromatic rings. The maximum atomic E-state index is 13.3. The van der Waals surface area contributed by atoms with Crippen molar-refractivity contribution in [1.29, 1.82) is 0 Å². The molecular formula is C15H17F3N2O. The maximum Gasteiger partial charge on any atom is 0.262 e. The van der Waals surface area contributed by atoms with E-state index in [9.17, 15) is 18.0 Å². The molecule has 0 spiro atoms. The summed E-state index contributed by atoms with van der Waals surface area (Å²) in [5.41, 5.74) is 0.617. The van der Waals surface area contributed by atoms with E-state index in [1.54, 1.807) is 6.07 Å². The van der Waals surface area contributed by atoms with E-state index in [0.29, 0.717) is 6.54 Å². The van der Waals surface area contributed by atoms with Crippen LogP contribution in [0.15, 0.2) is 24.3 Å². The molecule has 0 radical (unpaired) electrons. The molecule has 3 nitrogen and oxygen atoms in total. The summed E-state index contributed by atoms with van der Waals surface area (Å²) in [4.78, 5) is 11.9. The van der Waals surface area contributed by atoms with Gasteiger partial charge in [0.1, 0.15) is 5.82 Å². The lowest BCUT2D eigenvalue weighted by Crippen LogP contribution is -2.43. The van der Waals surface area contributed by atoms with Crippen molar-refractivity contribution in [1.82, 2.24) is 10.6 Å². The van der Waals surface area contributed by atoms with Crippen LogP contribution < -0.4 is 10.6 Å². The fourth-order valence-electron chi connectivity index (χ4n) is 2.82. The maximum absolute atomic E-state index is 13.3. The van der Waals surface area contributed by atoms with E-state index < -0.39 is 30.8 Å². The third-order valence-electron chi connectivity index (χ3n) is 4.32. The second kappa shape index (κ2) is 5.02. The van der Waals surface area contributed by atoms with Gasteiger partial charge in [-0.2, -0.15) is 0 Å². The number of hydrogen-bond acceptors (Lipinski definition) is 2. The lowest BCUT2D eigenvalue weighted by atomic mass is 9.95. The predicted octanol–water partition coefficient (Wildman–Crippen LogP) is 1.97. The minimum Gasteiger partial charge on any atom is -0.354 e. The Labute approximate surface area is 120 Å². The molecule has 1 saturated heterocycles. The van der Waals surface area contributed by atoms with Gasteiger partial charge in [-0.05, 0) is 30.5 Å². The number of nitrogens with one attached hydrogen (secondary N) is 2. The van der Waals surface area contributed by atoms with Gasteiger partial charge >= 0.3 is 0 Å². The van der Waals surface area contributed by atoms with Gasteiger partial charge in [0, 0.05) is 18.4 Å². The second-order valence-electron chi connectivity index (χ2n) is 6.00. The molecule has 6 heteroatoms. The first-order chi connectivity index (χ1) is 9.90. The van der Waals surface area contributed by atoms with Crippen LogP contribution in [0.25, 0.3) is 0 Å². The van der Waals surface area contributed by atoms with E-state index in [2.05, 4.69) is 10.6 Å². The monoisotopic (exact) mass is 298 g/mol. The SMILES string of the molecule is O=C(NCC1(c2cccc(F)c2)CC1)C1CC(F)(F)CN1. The smallest absolute Gasteiger partial charge is 0.262 e. The van der Waals surface area contributed by atoms with Gasteiger partial charge in [0.05, 0.1) is 12.6 Å². The molecule has 0 aromatic heterocycles. The zero-order valence-corrected chi connectivity index (χ0v) is 11.5. The highest BCUT2D eigenvalue weighted by atomic mass is 19.3. The van der Waals surface area contributed by atoms with Crippen LogP contribution in [0.3, 0.4) is 0 Å². The Morgan fingerprint density at radius 3 is 2.71 bits per heavy atom. The fourth-order valence-corrected chi connectivity index (χ4v) is 2.82. The number of rotatable bonds is 4. The van der Waals surface area contributed by atoms with Crippen molar-refractivity contribution in [3.63, 3.8) is 0 Å². The molecule has 1 amide bonds. The van der Waals surface area contributed by atoms with Crippen LogP contribution in [0.1, 0.15) is 24.8 Å². The number of halogens is 3. The van der Waals surface area contributed by atoms with Crippen LogP contribution in [-0.2, 0) is 10.2 Å². The van der Waals surface area contributed by atoms with Crippen molar-refractivity contribution < 1.29 is 18.0 Å². The predicted molar refractivity (Wildman–Crippen MR) is 71.7 cm³/mol. The Morgan fingerprint density at radius 1 is 1.38 bits per heavy atom. The Morgan fingerprint density at radius 2 is 2.14 bits per heavy atom. The highest BCUT2D eigenvalue weighted by Gasteiger charge is 2.46. The molecule has 1 saturated carbocycles. The molecule has 0 bridgehead atoms. The molecule has 1 aromatic carbocycles. The summed E-state index contributed by atoms with van der Waals surface area (Å²) in [6.07, 6.45) is 1.27. The third-order valence-corrected chi connectivity index (χ3v) is 4.32. The van der Waals surface area contributed by atoms with Crippen molar-refractivity contribution in [2.24, 2.45) is 0 Å². The third kappa shape index (κ3) is 3.05. The standard InChI is InChI=1S/C15H17F3N2O/c16-11-3-1-2-10(6-11)14(4-5-14)8-20-13(21)12-7-15(17,18)9-19-12/h1-3,6,12,19H,4-5,7-9H2,(H,20,21). The molecule has 1 atom stereocenters. The number of alkyl halides is 2. The lowest BCUT2D eigenvalue weighted by Gasteiger charge is -2.18. The Kier molecular flexibility index (Phi) is 3.43. The Hall–Kier alpha value is -1.56. The van der Waals surface area contributed by atoms with Crippen LogP contribution in [0.5, 0.6) is 0 Å². The van der Waals surface area contributed by atoms with E-state index in [1.807, 2.05) is 6.07 Å². The minimum atomic E-state index is -2.82. The van der Waals surface area contributed by atoms with Gasteiger partial charge in [-0.15, -0.1) is 0 Å². The van der Waals surface area contributed by atoms with Crippen molar-refractivity contribution in [3.05, 3.63) is 35.6 Å². The van der Waals surface area contributed by atoms with Gasteiger partial charge in [-0.3, -0.25) is 10.1 Å². The topological polar surface area (TPSA) is 41.1 Å². The van der Waals surface area contributed by atoms with Crippen LogP contribution in [0, 0.1) is 5.82 Å². The first-order valence-corrected chi connectivity index (χ1v) is 7.05. The molecule has 1 aliphatic heterocycles. The molecule has 3 rings (SSSR count). The molecule has 2 fully saturated rings. The average molecular weight is 298 g/mol. The summed E-state index contributed by atoms with van der Waals surface area (Å²) in [6, 6.07) is 5.49. The van der Waals surface area contributed by atoms with Gasteiger partial charge in [-0.1, -0.05) is 12.1 Å². The van der Waals surface area contributed by atoms with Crippen molar-refractivity contribution in [3.8, 4) is 0 Å². The van der Waals surface area contributed by atoms with Gasteiger partial charge in [-0.25, -0.2) is 13.2 Å². The number of amides is 1. The molecule has 2 aliphatic rings. The number of benzene rings is 1. The molecular weight excluding hydrogens is 281 g/mol. The van der Waals surface area contributed by atoms with Gasteiger partial charge in [0.2, 0.25) is 5.91 Å². The van der Waals surface area contributed by atoms with E-state index >= 15 is 0 Å². The first kappa shape index (κ1) is 14.4. The largest absolute Gasteiger partial charge is 0.354 e. The molecule has 2 N–H and O–H groups in total. The van der Waals surface area contributed by atoms with E-state index in [1.165, 1.54) is 12.1 Å². The highest BCUT2D eigenvalue weighted by molar-refractivity contribution is 5.82. The van der Waals surface area contributed by atoms with Gasteiger partial charge in [0.15, 0.2) is 0 Å². The van der Waals surface area contributed by atoms with Crippen LogP contribution >= 0.6 is 0 Å². The normalized spacial score (nSPS) is 25.6. The van der Waals surface area contributed by atoms with Crippen molar-refractivity contribution >= 4 is 5.91 Å². The fraction of sp³-hybridized carbons (Fsp3) is 0.533. The van der Waals surface area contributed by atoms with Crippen molar-refractivity contribution in [2.45, 2.75) is 36.6 Å². The number of hydrogen-bond donors (Lipinski definition) is 2. The summed E-state index contributed by atoms with van der Waals surface area (Å²) < 4.78 is 39.4. The highest BCUT2D eigenvalue weighted by Crippen LogP contribution is 2.47. The summed E-state index contributed by atoms with van der Waals surface area (Å²) >= 11 is 0. The van der Waals surface area contributed by atoms with E-state index in [0.717, 1.165) is 18.4 Å². The summed E-state index contributed by atoms with van der Waals surface area (Å²) in [6.45, 7) is -0.0981. The Bertz CT molecular complexity index is 558. The first-order valence-electron chi connectivity index (χ1n) is 7.05. The summed E-state index contributed by atoms with van der Waals surface area (Å²) in [5.74, 6) is -3.53. The quantitative estimate of drug-likeness (QED) is 0.892. The van der Waals surface area contributed by atoms with Crippen LogP contribution in [0.4, 0.5) is 13.2 Å². The van der Waals surface area contributed by atoms with Crippen molar-refractivity contribution in [2.75, 3.05) is 13.1 Å². The molecule has 114 valence electrons. The molecule has 1 heterocycles. The zero-order chi connectivity index (χ0) is 15.1. The van der Waals surface area contributed by atoms with E-state index in [-0.39, 0.29) is 11.2 Å². The average Bonchev–Trinajstić information content (AvgIpc) is 3.14. The van der Waals surface area contributed by atoms with E-state index in [4.69, 9.17) is 0 Å². The zero-order valence-electron chi connectivity index (χ0n) is 11.5. The number of carbonyl (C=O) groups is 1. The summed E-state index contributed by atoms with van der Waals surface area (Å²) in [5, 5.41) is 5.26. The second-order valence-corrected chi connectivity index (χ2v) is 6.00.